The molecule has 0 spiro atoms. The van der Waals surface area contributed by atoms with E-state index >= 15 is 0 Å². The second kappa shape index (κ2) is 5.63. The van der Waals surface area contributed by atoms with E-state index in [1.807, 2.05) is 6.92 Å². The van der Waals surface area contributed by atoms with E-state index in [0.717, 1.165) is 23.5 Å². The van der Waals surface area contributed by atoms with Gasteiger partial charge >= 0.3 is 0 Å². The van der Waals surface area contributed by atoms with Gasteiger partial charge in [-0.2, -0.15) is 0 Å². The number of aromatic nitrogens is 4. The van der Waals surface area contributed by atoms with Gasteiger partial charge in [-0.05, 0) is 13.3 Å². The van der Waals surface area contributed by atoms with Gasteiger partial charge in [-0.15, -0.1) is 10.2 Å². The first kappa shape index (κ1) is 12.6. The molecule has 0 bridgehead atoms. The summed E-state index contributed by atoms with van der Waals surface area (Å²) in [5, 5.41) is 12.0. The van der Waals surface area contributed by atoms with Crippen LogP contribution in [0.4, 0.5) is 5.13 Å². The normalized spacial score (nSPS) is 10.3. The molecule has 7 heteroatoms. The molecule has 0 unspecified atom stereocenters. The quantitative estimate of drug-likeness (QED) is 0.910. The number of nitrogens with one attached hydrogen (secondary N) is 1. The molecule has 0 saturated carbocycles. The Morgan fingerprint density at radius 1 is 1.33 bits per heavy atom. The van der Waals surface area contributed by atoms with Gasteiger partial charge < -0.3 is 0 Å². The van der Waals surface area contributed by atoms with Crippen molar-refractivity contribution in [3.05, 3.63) is 28.8 Å². The smallest absolute Gasteiger partial charge is 0.277 e. The summed E-state index contributed by atoms with van der Waals surface area (Å²) in [4.78, 5) is 19.8. The molecule has 2 rings (SSSR count). The SMILES string of the molecule is CCCc1nnc(NC(=O)c2cnc(C)cn2)s1. The Hall–Kier alpha value is -1.89. The molecule has 0 atom stereocenters. The predicted octanol–water partition coefficient (Wildman–Crippen LogP) is 1.84. The van der Waals surface area contributed by atoms with Crippen molar-refractivity contribution in [1.82, 2.24) is 20.2 Å². The highest BCUT2D eigenvalue weighted by molar-refractivity contribution is 7.15. The maximum absolute atomic E-state index is 11.8. The van der Waals surface area contributed by atoms with Crippen molar-refractivity contribution in [1.29, 1.82) is 0 Å². The van der Waals surface area contributed by atoms with E-state index in [1.165, 1.54) is 17.5 Å². The fraction of sp³-hybridized carbons (Fsp3) is 0.364. The Morgan fingerprint density at radius 3 is 2.83 bits per heavy atom. The molecule has 0 saturated heterocycles. The second-order valence-electron chi connectivity index (χ2n) is 3.75. The molecular formula is C11H13N5OS. The Morgan fingerprint density at radius 2 is 2.17 bits per heavy atom. The molecule has 18 heavy (non-hydrogen) atoms. The van der Waals surface area contributed by atoms with E-state index < -0.39 is 0 Å². The largest absolute Gasteiger partial charge is 0.295 e. The lowest BCUT2D eigenvalue weighted by molar-refractivity contribution is 0.102. The maximum Gasteiger partial charge on any atom is 0.277 e. The lowest BCUT2D eigenvalue weighted by atomic mass is 10.4. The minimum absolute atomic E-state index is 0.271. The first-order valence-electron chi connectivity index (χ1n) is 5.61. The molecule has 2 aromatic rings. The van der Waals surface area contributed by atoms with Gasteiger partial charge in [0.25, 0.3) is 5.91 Å². The molecule has 0 aliphatic carbocycles. The van der Waals surface area contributed by atoms with Crippen LogP contribution in [0.5, 0.6) is 0 Å². The van der Waals surface area contributed by atoms with Gasteiger partial charge in [0.05, 0.1) is 11.9 Å². The summed E-state index contributed by atoms with van der Waals surface area (Å²) >= 11 is 1.38. The zero-order chi connectivity index (χ0) is 13.0. The molecular weight excluding hydrogens is 250 g/mol. The Balaban J connectivity index is 2.04. The third kappa shape index (κ3) is 3.07. The fourth-order valence-corrected chi connectivity index (χ4v) is 2.13. The van der Waals surface area contributed by atoms with Crippen LogP contribution in [0.25, 0.3) is 0 Å². The van der Waals surface area contributed by atoms with E-state index in [1.54, 1.807) is 6.20 Å². The van der Waals surface area contributed by atoms with Crippen LogP contribution in [-0.4, -0.2) is 26.1 Å². The molecule has 1 N–H and O–H groups in total. The Bertz CT molecular complexity index is 537. The van der Waals surface area contributed by atoms with Gasteiger partial charge in [0.2, 0.25) is 5.13 Å². The van der Waals surface area contributed by atoms with E-state index in [-0.39, 0.29) is 11.6 Å². The second-order valence-corrected chi connectivity index (χ2v) is 4.81. The fourth-order valence-electron chi connectivity index (χ4n) is 1.29. The van der Waals surface area contributed by atoms with E-state index in [2.05, 4.69) is 32.4 Å². The number of carbonyl (C=O) groups excluding carboxylic acids is 1. The molecule has 94 valence electrons. The van der Waals surface area contributed by atoms with Gasteiger partial charge in [-0.3, -0.25) is 15.1 Å². The molecule has 6 nitrogen and oxygen atoms in total. The van der Waals surface area contributed by atoms with Crippen molar-refractivity contribution in [2.75, 3.05) is 5.32 Å². The minimum atomic E-state index is -0.318. The summed E-state index contributed by atoms with van der Waals surface area (Å²) in [5.41, 5.74) is 1.04. The number of carbonyl (C=O) groups is 1. The third-order valence-corrected chi connectivity index (χ3v) is 3.06. The van der Waals surface area contributed by atoms with Crippen molar-refractivity contribution in [2.45, 2.75) is 26.7 Å². The Kier molecular flexibility index (Phi) is 3.93. The third-order valence-electron chi connectivity index (χ3n) is 2.16. The highest BCUT2D eigenvalue weighted by Gasteiger charge is 2.11. The summed E-state index contributed by atoms with van der Waals surface area (Å²) < 4.78 is 0. The molecule has 0 aliphatic rings. The average Bonchev–Trinajstić information content (AvgIpc) is 2.78. The molecule has 0 radical (unpaired) electrons. The van der Waals surface area contributed by atoms with Crippen LogP contribution in [0, 0.1) is 6.92 Å². The van der Waals surface area contributed by atoms with Crippen LogP contribution in [-0.2, 0) is 6.42 Å². The van der Waals surface area contributed by atoms with Crippen LogP contribution >= 0.6 is 11.3 Å². The van der Waals surface area contributed by atoms with Gasteiger partial charge in [0.15, 0.2) is 0 Å². The van der Waals surface area contributed by atoms with Crippen molar-refractivity contribution in [2.24, 2.45) is 0 Å². The lowest BCUT2D eigenvalue weighted by Crippen LogP contribution is -2.13. The van der Waals surface area contributed by atoms with E-state index in [0.29, 0.717) is 5.13 Å². The van der Waals surface area contributed by atoms with Crippen LogP contribution in [0.15, 0.2) is 12.4 Å². The Labute approximate surface area is 109 Å². The van der Waals surface area contributed by atoms with Crippen LogP contribution < -0.4 is 5.32 Å². The van der Waals surface area contributed by atoms with Gasteiger partial charge in [0, 0.05) is 12.6 Å². The monoisotopic (exact) mass is 263 g/mol. The van der Waals surface area contributed by atoms with Gasteiger partial charge in [-0.25, -0.2) is 4.98 Å². The summed E-state index contributed by atoms with van der Waals surface area (Å²) in [7, 11) is 0. The summed E-state index contributed by atoms with van der Waals surface area (Å²) in [5.74, 6) is -0.318. The minimum Gasteiger partial charge on any atom is -0.295 e. The predicted molar refractivity (Wildman–Crippen MR) is 68.6 cm³/mol. The van der Waals surface area contributed by atoms with Crippen molar-refractivity contribution >= 4 is 22.4 Å². The molecule has 2 heterocycles. The topological polar surface area (TPSA) is 80.7 Å². The van der Waals surface area contributed by atoms with Gasteiger partial charge in [-0.1, -0.05) is 18.3 Å². The van der Waals surface area contributed by atoms with Crippen LogP contribution in [0.3, 0.4) is 0 Å². The number of aryl methyl sites for hydroxylation is 2. The first-order valence-corrected chi connectivity index (χ1v) is 6.43. The number of hydrogen-bond donors (Lipinski definition) is 1. The lowest BCUT2D eigenvalue weighted by Gasteiger charge is -1.99. The number of amides is 1. The van der Waals surface area contributed by atoms with E-state index in [9.17, 15) is 4.79 Å². The van der Waals surface area contributed by atoms with Crippen LogP contribution in [0.2, 0.25) is 0 Å². The number of rotatable bonds is 4. The van der Waals surface area contributed by atoms with Gasteiger partial charge in [0.1, 0.15) is 10.7 Å². The van der Waals surface area contributed by atoms with Crippen molar-refractivity contribution in [3.63, 3.8) is 0 Å². The zero-order valence-electron chi connectivity index (χ0n) is 10.2. The summed E-state index contributed by atoms with van der Waals surface area (Å²) in [6.07, 6.45) is 4.88. The first-order chi connectivity index (χ1) is 8.69. The highest BCUT2D eigenvalue weighted by Crippen LogP contribution is 2.16. The summed E-state index contributed by atoms with van der Waals surface area (Å²) in [6.45, 7) is 3.89. The molecule has 1 amide bonds. The zero-order valence-corrected chi connectivity index (χ0v) is 11.0. The van der Waals surface area contributed by atoms with E-state index in [4.69, 9.17) is 0 Å². The maximum atomic E-state index is 11.8. The molecule has 2 aromatic heterocycles. The number of anilines is 1. The van der Waals surface area contributed by atoms with Crippen LogP contribution in [0.1, 0.15) is 34.5 Å². The summed E-state index contributed by atoms with van der Waals surface area (Å²) in [6, 6.07) is 0. The molecule has 0 aliphatic heterocycles. The number of hydrogen-bond acceptors (Lipinski definition) is 6. The highest BCUT2D eigenvalue weighted by atomic mass is 32.1. The molecule has 0 aromatic carbocycles. The van der Waals surface area contributed by atoms with Crippen molar-refractivity contribution in [3.8, 4) is 0 Å². The van der Waals surface area contributed by atoms with Crippen molar-refractivity contribution < 1.29 is 4.79 Å². The standard InChI is InChI=1S/C11H13N5OS/c1-3-4-9-15-16-11(18-9)14-10(17)8-6-12-7(2)5-13-8/h5-6H,3-4H2,1-2H3,(H,14,16,17). The number of nitrogens with zero attached hydrogens (tertiary/aromatic N) is 4. The average molecular weight is 263 g/mol. The molecule has 0 fully saturated rings.